The number of ether oxygens (including phenoxy) is 1. The lowest BCUT2D eigenvalue weighted by Crippen LogP contribution is -2.50. The van der Waals surface area contributed by atoms with Crippen LogP contribution in [0.5, 0.6) is 5.75 Å². The second-order valence-corrected chi connectivity index (χ2v) is 8.98. The Hall–Kier alpha value is -3.65. The van der Waals surface area contributed by atoms with Gasteiger partial charge in [0.2, 0.25) is 5.91 Å². The van der Waals surface area contributed by atoms with E-state index >= 15 is 0 Å². The number of carbonyl (C=O) groups excluding carboxylic acids is 2. The van der Waals surface area contributed by atoms with Crippen molar-refractivity contribution in [1.82, 2.24) is 15.0 Å². The maximum absolute atomic E-state index is 13.1. The molecular formula is C27H32N4O4. The van der Waals surface area contributed by atoms with Crippen molar-refractivity contribution in [3.63, 3.8) is 0 Å². The highest BCUT2D eigenvalue weighted by Gasteiger charge is 2.24. The summed E-state index contributed by atoms with van der Waals surface area (Å²) in [7, 11) is 0. The molecule has 0 spiro atoms. The molecule has 1 aliphatic heterocycles. The first-order valence-electron chi connectivity index (χ1n) is 11.8. The van der Waals surface area contributed by atoms with Crippen molar-refractivity contribution >= 4 is 17.5 Å². The zero-order valence-electron chi connectivity index (χ0n) is 20.8. The lowest BCUT2D eigenvalue weighted by atomic mass is 10.1. The van der Waals surface area contributed by atoms with Crippen LogP contribution in [0.4, 0.5) is 5.69 Å². The lowest BCUT2D eigenvalue weighted by Gasteiger charge is -2.34. The zero-order chi connectivity index (χ0) is 24.9. The largest absolute Gasteiger partial charge is 0.489 e. The number of carbonyl (C=O) groups is 2. The molecule has 1 aromatic heterocycles. The summed E-state index contributed by atoms with van der Waals surface area (Å²) in [6.07, 6.45) is 0. The quantitative estimate of drug-likeness (QED) is 0.557. The highest BCUT2D eigenvalue weighted by molar-refractivity contribution is 5.95. The van der Waals surface area contributed by atoms with Gasteiger partial charge in [0, 0.05) is 37.4 Å². The molecule has 0 radical (unpaired) electrons. The van der Waals surface area contributed by atoms with Gasteiger partial charge in [0.25, 0.3) is 5.91 Å². The Morgan fingerprint density at radius 3 is 2.49 bits per heavy atom. The van der Waals surface area contributed by atoms with Crippen molar-refractivity contribution in [2.75, 3.05) is 38.0 Å². The third kappa shape index (κ3) is 5.89. The molecule has 2 amide bonds. The SMILES string of the molecule is Cc1cccc(NC(=O)CN2CCN(C(=O)c3cccc(OCc4c(C)noc4C)c3)CC2)c1C. The van der Waals surface area contributed by atoms with E-state index < -0.39 is 0 Å². The van der Waals surface area contributed by atoms with E-state index in [1.807, 2.05) is 62.9 Å². The molecule has 4 rings (SSSR count). The first kappa shape index (κ1) is 24.5. The van der Waals surface area contributed by atoms with Crippen LogP contribution in [0.25, 0.3) is 0 Å². The van der Waals surface area contributed by atoms with Crippen molar-refractivity contribution in [2.24, 2.45) is 0 Å². The minimum Gasteiger partial charge on any atom is -0.489 e. The van der Waals surface area contributed by atoms with Gasteiger partial charge in [-0.05, 0) is 63.1 Å². The van der Waals surface area contributed by atoms with Crippen LogP contribution in [-0.4, -0.2) is 59.5 Å². The summed E-state index contributed by atoms with van der Waals surface area (Å²) in [4.78, 5) is 29.5. The molecule has 0 unspecified atom stereocenters. The van der Waals surface area contributed by atoms with Gasteiger partial charge < -0.3 is 19.5 Å². The minimum absolute atomic E-state index is 0.0349. The summed E-state index contributed by atoms with van der Waals surface area (Å²) in [6.45, 7) is 10.8. The van der Waals surface area contributed by atoms with Crippen molar-refractivity contribution in [2.45, 2.75) is 34.3 Å². The van der Waals surface area contributed by atoms with Crippen molar-refractivity contribution in [1.29, 1.82) is 0 Å². The van der Waals surface area contributed by atoms with Gasteiger partial charge in [0.05, 0.1) is 17.8 Å². The molecule has 2 aromatic carbocycles. The Morgan fingerprint density at radius 1 is 1.03 bits per heavy atom. The maximum atomic E-state index is 13.1. The molecule has 1 fully saturated rings. The van der Waals surface area contributed by atoms with E-state index in [0.29, 0.717) is 50.6 Å². The highest BCUT2D eigenvalue weighted by atomic mass is 16.5. The number of benzene rings is 2. The zero-order valence-corrected chi connectivity index (χ0v) is 20.8. The van der Waals surface area contributed by atoms with Crippen LogP contribution in [0.1, 0.15) is 38.5 Å². The van der Waals surface area contributed by atoms with E-state index in [4.69, 9.17) is 9.26 Å². The van der Waals surface area contributed by atoms with Crippen LogP contribution in [0.15, 0.2) is 47.0 Å². The highest BCUT2D eigenvalue weighted by Crippen LogP contribution is 2.20. The van der Waals surface area contributed by atoms with Crippen LogP contribution < -0.4 is 10.1 Å². The van der Waals surface area contributed by atoms with Gasteiger partial charge in [-0.3, -0.25) is 14.5 Å². The van der Waals surface area contributed by atoms with Gasteiger partial charge in [0.1, 0.15) is 18.1 Å². The standard InChI is InChI=1S/C27H32N4O4/c1-18-7-5-10-25(19(18)2)28-26(32)16-30-11-13-31(14-12-30)27(33)22-8-6-9-23(15-22)34-17-24-20(3)29-35-21(24)4/h5-10,15H,11-14,16-17H2,1-4H3,(H,28,32). The molecule has 184 valence electrons. The number of nitrogens with one attached hydrogen (secondary N) is 1. The fraction of sp³-hybridized carbons (Fsp3) is 0.370. The predicted octanol–water partition coefficient (Wildman–Crippen LogP) is 3.88. The third-order valence-corrected chi connectivity index (χ3v) is 6.55. The molecule has 0 bridgehead atoms. The van der Waals surface area contributed by atoms with Gasteiger partial charge in [0.15, 0.2) is 0 Å². The van der Waals surface area contributed by atoms with Gasteiger partial charge in [-0.1, -0.05) is 23.4 Å². The van der Waals surface area contributed by atoms with Crippen LogP contribution >= 0.6 is 0 Å². The third-order valence-electron chi connectivity index (χ3n) is 6.55. The van der Waals surface area contributed by atoms with E-state index in [1.165, 1.54) is 0 Å². The molecule has 8 nitrogen and oxygen atoms in total. The first-order chi connectivity index (χ1) is 16.8. The number of hydrogen-bond acceptors (Lipinski definition) is 6. The van der Waals surface area contributed by atoms with E-state index in [2.05, 4.69) is 15.4 Å². The Labute approximate surface area is 205 Å². The first-order valence-corrected chi connectivity index (χ1v) is 11.8. The molecule has 2 heterocycles. The fourth-order valence-corrected chi connectivity index (χ4v) is 4.15. The number of aromatic nitrogens is 1. The average molecular weight is 477 g/mol. The van der Waals surface area contributed by atoms with Crippen LogP contribution in [0.2, 0.25) is 0 Å². The van der Waals surface area contributed by atoms with Gasteiger partial charge in [-0.2, -0.15) is 0 Å². The van der Waals surface area contributed by atoms with Gasteiger partial charge in [-0.25, -0.2) is 0 Å². The van der Waals surface area contributed by atoms with Crippen LogP contribution in [0.3, 0.4) is 0 Å². The van der Waals surface area contributed by atoms with Crippen molar-refractivity contribution < 1.29 is 18.8 Å². The minimum atomic E-state index is -0.0402. The van der Waals surface area contributed by atoms with Crippen LogP contribution in [-0.2, 0) is 11.4 Å². The number of piperazine rings is 1. The molecule has 1 aliphatic rings. The average Bonchev–Trinajstić information content (AvgIpc) is 3.18. The number of hydrogen-bond donors (Lipinski definition) is 1. The summed E-state index contributed by atoms with van der Waals surface area (Å²) >= 11 is 0. The van der Waals surface area contributed by atoms with Crippen molar-refractivity contribution in [3.8, 4) is 5.75 Å². The maximum Gasteiger partial charge on any atom is 0.254 e. The Morgan fingerprint density at radius 2 is 1.77 bits per heavy atom. The number of nitrogens with zero attached hydrogens (tertiary/aromatic N) is 3. The second-order valence-electron chi connectivity index (χ2n) is 8.98. The summed E-state index contributed by atoms with van der Waals surface area (Å²) in [6, 6.07) is 13.1. The molecule has 0 aliphatic carbocycles. The Balaban J connectivity index is 1.28. The molecule has 8 heteroatoms. The lowest BCUT2D eigenvalue weighted by molar-refractivity contribution is -0.117. The number of amides is 2. The summed E-state index contributed by atoms with van der Waals surface area (Å²) in [5.41, 5.74) is 5.37. The smallest absolute Gasteiger partial charge is 0.254 e. The van der Waals surface area contributed by atoms with Crippen molar-refractivity contribution in [3.05, 3.63) is 76.2 Å². The normalized spacial score (nSPS) is 14.1. The number of aryl methyl sites for hydroxylation is 3. The molecule has 3 aromatic rings. The number of rotatable bonds is 7. The van der Waals surface area contributed by atoms with E-state index in [0.717, 1.165) is 33.8 Å². The summed E-state index contributed by atoms with van der Waals surface area (Å²) < 4.78 is 11.1. The summed E-state index contributed by atoms with van der Waals surface area (Å²) in [5.74, 6) is 1.28. The van der Waals surface area contributed by atoms with Gasteiger partial charge in [-0.15, -0.1) is 0 Å². The van der Waals surface area contributed by atoms with E-state index in [9.17, 15) is 9.59 Å². The summed E-state index contributed by atoms with van der Waals surface area (Å²) in [5, 5.41) is 6.95. The van der Waals surface area contributed by atoms with Crippen LogP contribution in [0, 0.1) is 27.7 Å². The Bertz CT molecular complexity index is 1190. The molecule has 1 N–H and O–H groups in total. The topological polar surface area (TPSA) is 87.9 Å². The molecule has 0 atom stereocenters. The molecule has 1 saturated heterocycles. The monoisotopic (exact) mass is 476 g/mol. The molecular weight excluding hydrogens is 444 g/mol. The van der Waals surface area contributed by atoms with E-state index in [-0.39, 0.29) is 11.8 Å². The van der Waals surface area contributed by atoms with E-state index in [1.54, 1.807) is 12.1 Å². The Kier molecular flexibility index (Phi) is 7.51. The fourth-order valence-electron chi connectivity index (χ4n) is 4.15. The number of anilines is 1. The predicted molar refractivity (Wildman–Crippen MR) is 134 cm³/mol. The molecule has 35 heavy (non-hydrogen) atoms. The molecule has 0 saturated carbocycles. The van der Waals surface area contributed by atoms with Gasteiger partial charge >= 0.3 is 0 Å². The second kappa shape index (κ2) is 10.7.